The van der Waals surface area contributed by atoms with E-state index < -0.39 is 0 Å². The van der Waals surface area contributed by atoms with Gasteiger partial charge in [0.25, 0.3) is 0 Å². The van der Waals surface area contributed by atoms with Gasteiger partial charge in [0, 0.05) is 28.8 Å². The van der Waals surface area contributed by atoms with Gasteiger partial charge in [-0.1, -0.05) is 33.6 Å². The Kier molecular flexibility index (Phi) is 5.19. The molecular weight excluding hydrogens is 392 g/mol. The molecule has 1 atom stereocenters. The molecule has 2 aromatic carbocycles. The summed E-state index contributed by atoms with van der Waals surface area (Å²) in [5, 5.41) is 2.97. The highest BCUT2D eigenvalue weighted by molar-refractivity contribution is 9.10. The second kappa shape index (κ2) is 7.23. The summed E-state index contributed by atoms with van der Waals surface area (Å²) >= 11 is 3.54. The minimum atomic E-state index is -0.340. The van der Waals surface area contributed by atoms with Gasteiger partial charge in [-0.25, -0.2) is 0 Å². The molecule has 2 amide bonds. The van der Waals surface area contributed by atoms with Crippen LogP contribution in [0.5, 0.6) is 0 Å². The number of nitrogens with zero attached hydrogens (tertiary/aromatic N) is 1. The van der Waals surface area contributed by atoms with E-state index >= 15 is 0 Å². The van der Waals surface area contributed by atoms with Gasteiger partial charge in [-0.15, -0.1) is 0 Å². The molecular formula is C21H23BrN2O2. The van der Waals surface area contributed by atoms with E-state index in [0.717, 1.165) is 38.1 Å². The fourth-order valence-electron chi connectivity index (χ4n) is 3.49. The maximum atomic E-state index is 12.7. The molecule has 0 aromatic heterocycles. The van der Waals surface area contributed by atoms with E-state index in [2.05, 4.69) is 27.3 Å². The van der Waals surface area contributed by atoms with Crippen molar-refractivity contribution >= 4 is 39.1 Å². The molecule has 1 aliphatic rings. The Morgan fingerprint density at radius 2 is 1.73 bits per heavy atom. The minimum absolute atomic E-state index is 0.000250. The molecule has 0 radical (unpaired) electrons. The second-order valence-corrected chi connectivity index (χ2v) is 7.90. The van der Waals surface area contributed by atoms with Gasteiger partial charge in [0.1, 0.15) is 0 Å². The monoisotopic (exact) mass is 414 g/mol. The molecule has 0 unspecified atom stereocenters. The number of benzene rings is 2. The number of halogens is 1. The van der Waals surface area contributed by atoms with Crippen LogP contribution in [-0.2, 0) is 9.59 Å². The maximum Gasteiger partial charge on any atom is 0.229 e. The Morgan fingerprint density at radius 1 is 1.08 bits per heavy atom. The van der Waals surface area contributed by atoms with Gasteiger partial charge in [0.15, 0.2) is 0 Å². The van der Waals surface area contributed by atoms with E-state index in [1.54, 1.807) is 4.90 Å². The second-order valence-electron chi connectivity index (χ2n) is 7.11. The van der Waals surface area contributed by atoms with Gasteiger partial charge >= 0.3 is 0 Å². The minimum Gasteiger partial charge on any atom is -0.326 e. The molecule has 0 saturated carbocycles. The van der Waals surface area contributed by atoms with Crippen LogP contribution in [0.2, 0.25) is 0 Å². The van der Waals surface area contributed by atoms with Crippen LogP contribution >= 0.6 is 15.9 Å². The summed E-state index contributed by atoms with van der Waals surface area (Å²) in [5.74, 6) is -0.445. The molecule has 0 bridgehead atoms. The zero-order chi connectivity index (χ0) is 19.0. The highest BCUT2D eigenvalue weighted by atomic mass is 79.9. The van der Waals surface area contributed by atoms with Gasteiger partial charge < -0.3 is 10.2 Å². The number of carbonyl (C=O) groups excluding carboxylic acids is 2. The smallest absolute Gasteiger partial charge is 0.229 e. The molecule has 1 heterocycles. The third kappa shape index (κ3) is 3.68. The lowest BCUT2D eigenvalue weighted by Gasteiger charge is -2.19. The first kappa shape index (κ1) is 18.6. The molecule has 3 rings (SSSR count). The van der Waals surface area contributed by atoms with E-state index in [9.17, 15) is 9.59 Å². The summed E-state index contributed by atoms with van der Waals surface area (Å²) < 4.78 is 1.05. The molecule has 0 spiro atoms. The Labute approximate surface area is 162 Å². The first-order valence-corrected chi connectivity index (χ1v) is 9.51. The maximum absolute atomic E-state index is 12.7. The average molecular weight is 415 g/mol. The lowest BCUT2D eigenvalue weighted by molar-refractivity contribution is -0.122. The molecule has 1 N–H and O–H groups in total. The molecule has 5 heteroatoms. The summed E-state index contributed by atoms with van der Waals surface area (Å²) in [6.07, 6.45) is 0.244. The predicted molar refractivity (Wildman–Crippen MR) is 109 cm³/mol. The average Bonchev–Trinajstić information content (AvgIpc) is 2.94. The van der Waals surface area contributed by atoms with Gasteiger partial charge in [-0.3, -0.25) is 9.59 Å². The van der Waals surface area contributed by atoms with Crippen molar-refractivity contribution in [1.82, 2.24) is 0 Å². The van der Waals surface area contributed by atoms with Crippen molar-refractivity contribution in [3.8, 4) is 0 Å². The summed E-state index contributed by atoms with van der Waals surface area (Å²) in [4.78, 5) is 26.9. The molecule has 26 heavy (non-hydrogen) atoms. The predicted octanol–water partition coefficient (Wildman–Crippen LogP) is 4.67. The quantitative estimate of drug-likeness (QED) is 0.792. The molecule has 1 saturated heterocycles. The highest BCUT2D eigenvalue weighted by Gasteiger charge is 2.35. The molecule has 4 nitrogen and oxygen atoms in total. The third-order valence-corrected chi connectivity index (χ3v) is 6.09. The van der Waals surface area contributed by atoms with Crippen molar-refractivity contribution in [2.45, 2.75) is 34.1 Å². The van der Waals surface area contributed by atoms with Crippen LogP contribution < -0.4 is 10.2 Å². The van der Waals surface area contributed by atoms with Crippen LogP contribution in [0.1, 0.15) is 28.7 Å². The van der Waals surface area contributed by atoms with Crippen LogP contribution in [0.4, 0.5) is 11.4 Å². The number of amides is 2. The molecule has 136 valence electrons. The van der Waals surface area contributed by atoms with Crippen LogP contribution in [-0.4, -0.2) is 18.4 Å². The van der Waals surface area contributed by atoms with Crippen molar-refractivity contribution in [2.75, 3.05) is 16.8 Å². The van der Waals surface area contributed by atoms with Crippen molar-refractivity contribution < 1.29 is 9.59 Å². The zero-order valence-electron chi connectivity index (χ0n) is 15.5. The van der Waals surface area contributed by atoms with Crippen molar-refractivity contribution in [3.63, 3.8) is 0 Å². The summed E-state index contributed by atoms with van der Waals surface area (Å²) in [6, 6.07) is 9.89. The Bertz CT molecular complexity index is 869. The Balaban J connectivity index is 1.75. The topological polar surface area (TPSA) is 49.4 Å². The fourth-order valence-corrected chi connectivity index (χ4v) is 3.72. The van der Waals surface area contributed by atoms with E-state index in [-0.39, 0.29) is 24.2 Å². The van der Waals surface area contributed by atoms with E-state index in [1.165, 1.54) is 0 Å². The summed E-state index contributed by atoms with van der Waals surface area (Å²) in [6.45, 7) is 8.43. The Morgan fingerprint density at radius 3 is 2.35 bits per heavy atom. The van der Waals surface area contributed by atoms with Crippen LogP contribution in [0, 0.1) is 33.6 Å². The van der Waals surface area contributed by atoms with E-state index in [1.807, 2.05) is 52.0 Å². The van der Waals surface area contributed by atoms with Crippen LogP contribution in [0.15, 0.2) is 34.8 Å². The van der Waals surface area contributed by atoms with Crippen LogP contribution in [0.3, 0.4) is 0 Å². The summed E-state index contributed by atoms with van der Waals surface area (Å²) in [7, 11) is 0. The van der Waals surface area contributed by atoms with Gasteiger partial charge in [-0.05, 0) is 62.6 Å². The number of anilines is 2. The normalized spacial score (nSPS) is 16.9. The van der Waals surface area contributed by atoms with Crippen molar-refractivity contribution in [3.05, 3.63) is 57.1 Å². The number of nitrogens with one attached hydrogen (secondary N) is 1. The summed E-state index contributed by atoms with van der Waals surface area (Å²) in [5.41, 5.74) is 6.02. The standard InChI is InChI=1S/C21H23BrN2O2/c1-12-5-6-18(13(2)7-12)24-11-16(10-19(24)25)21(26)23-17-8-14(3)20(22)15(4)9-17/h5-9,16H,10-11H2,1-4H3,(H,23,26)/t16-/m1/s1. The highest BCUT2D eigenvalue weighted by Crippen LogP contribution is 2.30. The molecule has 2 aromatic rings. The zero-order valence-corrected chi connectivity index (χ0v) is 17.1. The van der Waals surface area contributed by atoms with Crippen molar-refractivity contribution in [1.29, 1.82) is 0 Å². The first-order valence-electron chi connectivity index (χ1n) is 8.71. The van der Waals surface area contributed by atoms with E-state index in [0.29, 0.717) is 6.54 Å². The molecule has 0 aliphatic carbocycles. The SMILES string of the molecule is Cc1ccc(N2C[C@H](C(=O)Nc3cc(C)c(Br)c(C)c3)CC2=O)c(C)c1. The number of rotatable bonds is 3. The molecule has 1 aliphatic heterocycles. The Hall–Kier alpha value is -2.14. The lowest BCUT2D eigenvalue weighted by Crippen LogP contribution is -2.28. The number of aryl methyl sites for hydroxylation is 4. The van der Waals surface area contributed by atoms with Gasteiger partial charge in [-0.2, -0.15) is 0 Å². The largest absolute Gasteiger partial charge is 0.326 e. The van der Waals surface area contributed by atoms with Crippen molar-refractivity contribution in [2.24, 2.45) is 5.92 Å². The third-order valence-electron chi connectivity index (χ3n) is 4.84. The number of carbonyl (C=O) groups is 2. The van der Waals surface area contributed by atoms with E-state index in [4.69, 9.17) is 0 Å². The van der Waals surface area contributed by atoms with Gasteiger partial charge in [0.2, 0.25) is 11.8 Å². The lowest BCUT2D eigenvalue weighted by atomic mass is 10.1. The fraction of sp³-hybridized carbons (Fsp3) is 0.333. The number of hydrogen-bond donors (Lipinski definition) is 1. The number of hydrogen-bond acceptors (Lipinski definition) is 2. The van der Waals surface area contributed by atoms with Gasteiger partial charge in [0.05, 0.1) is 5.92 Å². The molecule has 1 fully saturated rings. The van der Waals surface area contributed by atoms with Crippen LogP contribution in [0.25, 0.3) is 0 Å². The first-order chi connectivity index (χ1) is 12.3.